The van der Waals surface area contributed by atoms with Crippen LogP contribution in [0.3, 0.4) is 0 Å². The van der Waals surface area contributed by atoms with E-state index in [0.29, 0.717) is 57.7 Å². The molecule has 0 aromatic rings. The van der Waals surface area contributed by atoms with Crippen LogP contribution in [-0.4, -0.2) is 76.5 Å². The highest BCUT2D eigenvalue weighted by atomic mass is 16.6. The minimum atomic E-state index is -0.971. The Hall–Kier alpha value is -2.83. The Morgan fingerprint density at radius 2 is 1.94 bits per heavy atom. The maximum Gasteiger partial charge on any atom is 0.411 e. The Labute approximate surface area is 206 Å². The Morgan fingerprint density at radius 1 is 1.20 bits per heavy atom. The summed E-state index contributed by atoms with van der Waals surface area (Å²) in [5.74, 6) is -0.560. The zero-order valence-electron chi connectivity index (χ0n) is 21.0. The standard InChI is InChI=1S/C25H37N5O5/c1-24(2,3)35-23(34)30-11-4-8-25(30)9-12-29(22(25)33)19(13-16-5-6-16)21(32)28-18(15-26)14-17-7-10-27-20(17)31/h16-19H,4-14H2,1-3H3,(H,27,31)(H,28,32). The van der Waals surface area contributed by atoms with Gasteiger partial charge in [0.15, 0.2) is 0 Å². The third-order valence-electron chi connectivity index (χ3n) is 7.62. The number of rotatable bonds is 7. The fourth-order valence-electron chi connectivity index (χ4n) is 5.63. The van der Waals surface area contributed by atoms with Crippen molar-refractivity contribution < 1.29 is 23.9 Å². The summed E-state index contributed by atoms with van der Waals surface area (Å²) in [6.45, 7) is 6.81. The third kappa shape index (κ3) is 5.39. The second kappa shape index (κ2) is 9.67. The van der Waals surface area contributed by atoms with Gasteiger partial charge in [0.05, 0.1) is 6.07 Å². The summed E-state index contributed by atoms with van der Waals surface area (Å²) >= 11 is 0. The van der Waals surface area contributed by atoms with E-state index in [1.165, 1.54) is 0 Å². The number of amides is 4. The Morgan fingerprint density at radius 3 is 2.54 bits per heavy atom. The second-order valence-electron chi connectivity index (χ2n) is 11.4. The van der Waals surface area contributed by atoms with Crippen molar-refractivity contribution in [2.24, 2.45) is 11.8 Å². The molecule has 0 bridgehead atoms. The summed E-state index contributed by atoms with van der Waals surface area (Å²) in [5, 5.41) is 15.2. The largest absolute Gasteiger partial charge is 0.444 e. The molecule has 1 spiro atoms. The van der Waals surface area contributed by atoms with Gasteiger partial charge in [-0.1, -0.05) is 12.8 Å². The van der Waals surface area contributed by atoms with Crippen LogP contribution in [0, 0.1) is 23.2 Å². The summed E-state index contributed by atoms with van der Waals surface area (Å²) in [7, 11) is 0. The van der Waals surface area contributed by atoms with Crippen LogP contribution in [0.15, 0.2) is 0 Å². The molecule has 0 radical (unpaired) electrons. The lowest BCUT2D eigenvalue weighted by Gasteiger charge is -2.36. The molecule has 35 heavy (non-hydrogen) atoms. The zero-order chi connectivity index (χ0) is 25.4. The van der Waals surface area contributed by atoms with Gasteiger partial charge in [-0.2, -0.15) is 5.26 Å². The van der Waals surface area contributed by atoms with E-state index in [1.807, 2.05) is 0 Å². The smallest absolute Gasteiger partial charge is 0.411 e. The van der Waals surface area contributed by atoms with Crippen molar-refractivity contribution in [1.82, 2.24) is 20.4 Å². The van der Waals surface area contributed by atoms with Crippen molar-refractivity contribution in [3.8, 4) is 6.07 Å². The number of nitrogens with zero attached hydrogens (tertiary/aromatic N) is 3. The molecule has 2 N–H and O–H groups in total. The molecular formula is C25H37N5O5. The third-order valence-corrected chi connectivity index (χ3v) is 7.62. The van der Waals surface area contributed by atoms with E-state index >= 15 is 0 Å². The lowest BCUT2D eigenvalue weighted by Crippen LogP contribution is -2.57. The first-order chi connectivity index (χ1) is 16.5. The van der Waals surface area contributed by atoms with Gasteiger partial charge in [0.2, 0.25) is 17.7 Å². The number of likely N-dealkylation sites (tertiary alicyclic amines) is 2. The van der Waals surface area contributed by atoms with Gasteiger partial charge in [0, 0.05) is 25.6 Å². The van der Waals surface area contributed by atoms with Gasteiger partial charge in [0.1, 0.15) is 23.2 Å². The van der Waals surface area contributed by atoms with E-state index in [-0.39, 0.29) is 30.1 Å². The molecule has 4 unspecified atom stereocenters. The number of hydrogen-bond acceptors (Lipinski definition) is 6. The predicted molar refractivity (Wildman–Crippen MR) is 126 cm³/mol. The second-order valence-corrected chi connectivity index (χ2v) is 11.4. The molecule has 1 aliphatic carbocycles. The minimum absolute atomic E-state index is 0.0887. The first kappa shape index (κ1) is 25.3. The predicted octanol–water partition coefficient (Wildman–Crippen LogP) is 1.69. The first-order valence-corrected chi connectivity index (χ1v) is 12.8. The van der Waals surface area contributed by atoms with Crippen LogP contribution in [-0.2, 0) is 19.1 Å². The average molecular weight is 488 g/mol. The van der Waals surface area contributed by atoms with Crippen LogP contribution in [0.1, 0.15) is 72.1 Å². The maximum absolute atomic E-state index is 13.8. The number of hydrogen-bond donors (Lipinski definition) is 2. The van der Waals surface area contributed by atoms with Gasteiger partial charge in [-0.15, -0.1) is 0 Å². The summed E-state index contributed by atoms with van der Waals surface area (Å²) in [6, 6.07) is 0.626. The number of nitriles is 1. The number of carbonyl (C=O) groups excluding carboxylic acids is 4. The molecule has 3 heterocycles. The van der Waals surface area contributed by atoms with Crippen LogP contribution < -0.4 is 10.6 Å². The van der Waals surface area contributed by atoms with Crippen molar-refractivity contribution in [3.05, 3.63) is 0 Å². The van der Waals surface area contributed by atoms with E-state index in [1.54, 1.807) is 30.6 Å². The van der Waals surface area contributed by atoms with Crippen LogP contribution in [0.5, 0.6) is 0 Å². The lowest BCUT2D eigenvalue weighted by atomic mass is 9.94. The van der Waals surface area contributed by atoms with E-state index < -0.39 is 29.3 Å². The van der Waals surface area contributed by atoms with Gasteiger partial charge >= 0.3 is 6.09 Å². The SMILES string of the molecule is CC(C)(C)OC(=O)N1CCCC12CCN(C(CC1CC1)C(=O)NC(C#N)CC1CCNC1=O)C2=O. The Bertz CT molecular complexity index is 920. The molecule has 4 amide bonds. The summed E-state index contributed by atoms with van der Waals surface area (Å²) in [6.07, 6.45) is 4.71. The van der Waals surface area contributed by atoms with Crippen molar-refractivity contribution in [2.45, 2.75) is 95.4 Å². The highest BCUT2D eigenvalue weighted by Crippen LogP contribution is 2.42. The molecule has 0 aromatic heterocycles. The Balaban J connectivity index is 1.48. The molecule has 1 saturated carbocycles. The summed E-state index contributed by atoms with van der Waals surface area (Å²) < 4.78 is 5.58. The zero-order valence-corrected chi connectivity index (χ0v) is 21.0. The van der Waals surface area contributed by atoms with Crippen molar-refractivity contribution in [3.63, 3.8) is 0 Å². The average Bonchev–Trinajstić information content (AvgIpc) is 3.21. The van der Waals surface area contributed by atoms with Gasteiger partial charge in [-0.3, -0.25) is 19.3 Å². The molecule has 4 atom stereocenters. The highest BCUT2D eigenvalue weighted by Gasteiger charge is 2.58. The molecule has 3 aliphatic heterocycles. The fourth-order valence-corrected chi connectivity index (χ4v) is 5.63. The van der Waals surface area contributed by atoms with Gasteiger partial charge in [-0.25, -0.2) is 4.79 Å². The van der Waals surface area contributed by atoms with E-state index in [2.05, 4.69) is 16.7 Å². The Kier molecular flexibility index (Phi) is 6.98. The number of nitrogens with one attached hydrogen (secondary N) is 2. The summed E-state index contributed by atoms with van der Waals surface area (Å²) in [5.41, 5.74) is -1.64. The maximum atomic E-state index is 13.8. The molecule has 4 rings (SSSR count). The highest BCUT2D eigenvalue weighted by molar-refractivity contribution is 5.96. The molecule has 10 heteroatoms. The van der Waals surface area contributed by atoms with Crippen LogP contribution in [0.2, 0.25) is 0 Å². The molecular weight excluding hydrogens is 450 g/mol. The van der Waals surface area contributed by atoms with E-state index in [4.69, 9.17) is 4.74 Å². The van der Waals surface area contributed by atoms with Gasteiger partial charge in [-0.05, 0) is 65.2 Å². The van der Waals surface area contributed by atoms with Crippen LogP contribution >= 0.6 is 0 Å². The number of ether oxygens (including phenoxy) is 1. The minimum Gasteiger partial charge on any atom is -0.444 e. The monoisotopic (exact) mass is 487 g/mol. The van der Waals surface area contributed by atoms with Gasteiger partial charge in [0.25, 0.3) is 0 Å². The topological polar surface area (TPSA) is 132 Å². The van der Waals surface area contributed by atoms with E-state index in [9.17, 15) is 24.4 Å². The first-order valence-electron chi connectivity index (χ1n) is 12.8. The molecule has 4 aliphatic rings. The molecule has 0 aromatic carbocycles. The van der Waals surface area contributed by atoms with Crippen LogP contribution in [0.4, 0.5) is 4.79 Å². The van der Waals surface area contributed by atoms with Crippen LogP contribution in [0.25, 0.3) is 0 Å². The lowest BCUT2D eigenvalue weighted by molar-refractivity contribution is -0.143. The van der Waals surface area contributed by atoms with E-state index in [0.717, 1.165) is 12.8 Å². The molecule has 10 nitrogen and oxygen atoms in total. The quantitative estimate of drug-likeness (QED) is 0.562. The summed E-state index contributed by atoms with van der Waals surface area (Å²) in [4.78, 5) is 55.3. The molecule has 192 valence electrons. The number of carbonyl (C=O) groups is 4. The molecule has 3 saturated heterocycles. The normalized spacial score (nSPS) is 28.1. The molecule has 4 fully saturated rings. The van der Waals surface area contributed by atoms with Crippen molar-refractivity contribution in [1.29, 1.82) is 5.26 Å². The fraction of sp³-hybridized carbons (Fsp3) is 0.800. The van der Waals surface area contributed by atoms with Gasteiger partial charge < -0.3 is 20.3 Å². The van der Waals surface area contributed by atoms with Crippen molar-refractivity contribution in [2.75, 3.05) is 19.6 Å². The van der Waals surface area contributed by atoms with Crippen molar-refractivity contribution >= 4 is 23.8 Å².